The van der Waals surface area contributed by atoms with Gasteiger partial charge >= 0.3 is 6.03 Å². The van der Waals surface area contributed by atoms with Gasteiger partial charge in [-0.3, -0.25) is 24.0 Å². The Morgan fingerprint density at radius 2 is 2.00 bits per heavy atom. The number of hydrogen-bond acceptors (Lipinski definition) is 4. The minimum atomic E-state index is -0.993. The quantitative estimate of drug-likeness (QED) is 0.727. The molecule has 1 N–H and O–H groups in total. The zero-order chi connectivity index (χ0) is 14.6. The highest BCUT2D eigenvalue weighted by Crippen LogP contribution is 2.16. The smallest absolute Gasteiger partial charge is 0.277 e. The summed E-state index contributed by atoms with van der Waals surface area (Å²) in [5.74, 6) is -1.73. The number of nitrogens with zero attached hydrogens (tertiary/aromatic N) is 1. The molecule has 0 radical (unpaired) electrons. The van der Waals surface area contributed by atoms with Crippen molar-refractivity contribution in [3.63, 3.8) is 0 Å². The van der Waals surface area contributed by atoms with Gasteiger partial charge in [0.05, 0.1) is 0 Å². The highest BCUT2D eigenvalue weighted by Gasteiger charge is 2.39. The molecule has 0 bridgehead atoms. The normalized spacial score (nSPS) is 23.2. The van der Waals surface area contributed by atoms with Gasteiger partial charge in [-0.1, -0.05) is 20.3 Å². The first kappa shape index (κ1) is 15.8. The Morgan fingerprint density at radius 1 is 1.37 bits per heavy atom. The van der Waals surface area contributed by atoms with E-state index >= 15 is 0 Å². The van der Waals surface area contributed by atoms with E-state index in [2.05, 4.69) is 5.32 Å². The maximum Gasteiger partial charge on any atom is 0.330 e. The van der Waals surface area contributed by atoms with Crippen molar-refractivity contribution in [2.45, 2.75) is 38.4 Å². The average molecular weight is 288 g/mol. The number of hydrogen-bond donors (Lipinski definition) is 1. The highest BCUT2D eigenvalue weighted by molar-refractivity contribution is 7.84. The van der Waals surface area contributed by atoms with E-state index in [1.165, 1.54) is 0 Å². The van der Waals surface area contributed by atoms with Crippen LogP contribution in [0.25, 0.3) is 0 Å². The minimum Gasteiger partial charge on any atom is -0.277 e. The largest absolute Gasteiger partial charge is 0.330 e. The van der Waals surface area contributed by atoms with E-state index in [-0.39, 0.29) is 11.8 Å². The van der Waals surface area contributed by atoms with Gasteiger partial charge in [0, 0.05) is 28.9 Å². The SMILES string of the molecule is CCCC1C(=O)NC(=O)N(CCC(C)S(C)=O)C1=O. The number of carbonyl (C=O) groups excluding carboxylic acids is 3. The first-order valence-electron chi connectivity index (χ1n) is 6.36. The lowest BCUT2D eigenvalue weighted by atomic mass is 9.99. The number of barbiturate groups is 1. The van der Waals surface area contributed by atoms with Gasteiger partial charge in [-0.05, 0) is 12.8 Å². The summed E-state index contributed by atoms with van der Waals surface area (Å²) in [6.07, 6.45) is 3.19. The highest BCUT2D eigenvalue weighted by atomic mass is 32.2. The Kier molecular flexibility index (Phi) is 5.65. The molecule has 0 aromatic heterocycles. The summed E-state index contributed by atoms with van der Waals surface area (Å²) >= 11 is 0. The number of imide groups is 2. The number of carbonyl (C=O) groups is 3. The fourth-order valence-corrected chi connectivity index (χ4v) is 2.33. The van der Waals surface area contributed by atoms with E-state index in [4.69, 9.17) is 0 Å². The molecule has 7 heteroatoms. The van der Waals surface area contributed by atoms with Crippen LogP contribution in [0.2, 0.25) is 0 Å². The van der Waals surface area contributed by atoms with Crippen molar-refractivity contribution < 1.29 is 18.6 Å². The van der Waals surface area contributed by atoms with E-state index in [0.717, 1.165) is 4.90 Å². The lowest BCUT2D eigenvalue weighted by Gasteiger charge is -2.30. The summed E-state index contributed by atoms with van der Waals surface area (Å²) in [6, 6.07) is -0.670. The summed E-state index contributed by atoms with van der Waals surface area (Å²) in [6.45, 7) is 3.87. The molecule has 0 aliphatic carbocycles. The standard InChI is InChI=1S/C12H20N2O4S/c1-4-5-9-10(15)13-12(17)14(11(9)16)7-6-8(2)19(3)18/h8-9H,4-7H2,1-3H3,(H,13,15,17). The van der Waals surface area contributed by atoms with Crippen LogP contribution in [0.5, 0.6) is 0 Å². The zero-order valence-electron chi connectivity index (χ0n) is 11.5. The van der Waals surface area contributed by atoms with Crippen molar-refractivity contribution in [2.75, 3.05) is 12.8 Å². The predicted molar refractivity (Wildman–Crippen MR) is 71.8 cm³/mol. The molecule has 0 saturated carbocycles. The van der Waals surface area contributed by atoms with Crippen molar-refractivity contribution in [1.29, 1.82) is 0 Å². The Balaban J connectivity index is 2.70. The third-order valence-electron chi connectivity index (χ3n) is 3.26. The van der Waals surface area contributed by atoms with E-state index < -0.39 is 34.6 Å². The molecule has 3 unspecified atom stereocenters. The molecule has 1 heterocycles. The van der Waals surface area contributed by atoms with Gasteiger partial charge in [0.1, 0.15) is 5.92 Å². The topological polar surface area (TPSA) is 83.6 Å². The summed E-state index contributed by atoms with van der Waals surface area (Å²) < 4.78 is 11.3. The van der Waals surface area contributed by atoms with Crippen LogP contribution in [0.3, 0.4) is 0 Å². The first-order chi connectivity index (χ1) is 8.88. The van der Waals surface area contributed by atoms with Gasteiger partial charge in [0.15, 0.2) is 0 Å². The Labute approximate surface area is 115 Å². The fraction of sp³-hybridized carbons (Fsp3) is 0.750. The van der Waals surface area contributed by atoms with Gasteiger partial charge in [0.25, 0.3) is 0 Å². The van der Waals surface area contributed by atoms with Crippen LogP contribution in [-0.4, -0.2) is 45.0 Å². The van der Waals surface area contributed by atoms with Gasteiger partial charge in [0.2, 0.25) is 11.8 Å². The molecular weight excluding hydrogens is 268 g/mol. The second-order valence-corrected chi connectivity index (χ2v) is 6.53. The van der Waals surface area contributed by atoms with Crippen LogP contribution in [0.1, 0.15) is 33.1 Å². The zero-order valence-corrected chi connectivity index (χ0v) is 12.3. The van der Waals surface area contributed by atoms with Crippen molar-refractivity contribution in [2.24, 2.45) is 5.92 Å². The van der Waals surface area contributed by atoms with Crippen LogP contribution in [0, 0.1) is 5.92 Å². The van der Waals surface area contributed by atoms with Crippen molar-refractivity contribution in [1.82, 2.24) is 10.2 Å². The summed E-state index contributed by atoms with van der Waals surface area (Å²) in [5.41, 5.74) is 0. The fourth-order valence-electron chi connectivity index (χ4n) is 1.89. The third kappa shape index (κ3) is 3.86. The number of rotatable bonds is 6. The van der Waals surface area contributed by atoms with Crippen LogP contribution < -0.4 is 5.32 Å². The molecule has 19 heavy (non-hydrogen) atoms. The summed E-state index contributed by atoms with van der Waals surface area (Å²) in [5, 5.41) is 2.10. The second-order valence-electron chi connectivity index (χ2n) is 4.72. The minimum absolute atomic E-state index is 0.0946. The van der Waals surface area contributed by atoms with Crippen molar-refractivity contribution in [3.8, 4) is 0 Å². The summed E-state index contributed by atoms with van der Waals surface area (Å²) in [4.78, 5) is 36.4. The molecule has 3 atom stereocenters. The Hall–Kier alpha value is -1.24. The molecule has 1 rings (SSSR count). The lowest BCUT2D eigenvalue weighted by Crippen LogP contribution is -2.58. The monoisotopic (exact) mass is 288 g/mol. The Bertz CT molecular complexity index is 411. The van der Waals surface area contributed by atoms with E-state index in [9.17, 15) is 18.6 Å². The maximum atomic E-state index is 12.1. The van der Waals surface area contributed by atoms with Gasteiger partial charge < -0.3 is 0 Å². The molecule has 1 aliphatic rings. The lowest BCUT2D eigenvalue weighted by molar-refractivity contribution is -0.142. The molecule has 108 valence electrons. The number of nitrogens with one attached hydrogen (secondary N) is 1. The summed E-state index contributed by atoms with van der Waals surface area (Å²) in [7, 11) is -0.993. The van der Waals surface area contributed by atoms with Crippen molar-refractivity contribution in [3.05, 3.63) is 0 Å². The van der Waals surface area contributed by atoms with Crippen LogP contribution in [0.4, 0.5) is 4.79 Å². The number of urea groups is 1. The van der Waals surface area contributed by atoms with Crippen LogP contribution in [-0.2, 0) is 20.4 Å². The molecule has 0 aromatic rings. The molecule has 0 spiro atoms. The van der Waals surface area contributed by atoms with Gasteiger partial charge in [-0.25, -0.2) is 4.79 Å². The van der Waals surface area contributed by atoms with Gasteiger partial charge in [-0.15, -0.1) is 0 Å². The molecule has 1 fully saturated rings. The first-order valence-corrected chi connectivity index (χ1v) is 7.99. The molecule has 1 aliphatic heterocycles. The molecule has 1 saturated heterocycles. The third-order valence-corrected chi connectivity index (χ3v) is 4.63. The average Bonchev–Trinajstić information content (AvgIpc) is 2.33. The molecule has 4 amide bonds. The molecule has 6 nitrogen and oxygen atoms in total. The van der Waals surface area contributed by atoms with E-state index in [0.29, 0.717) is 19.3 Å². The van der Waals surface area contributed by atoms with Crippen LogP contribution >= 0.6 is 0 Å². The molecule has 0 aromatic carbocycles. The Morgan fingerprint density at radius 3 is 2.53 bits per heavy atom. The van der Waals surface area contributed by atoms with Crippen molar-refractivity contribution >= 4 is 28.6 Å². The molecular formula is C12H20N2O4S. The number of amides is 4. The van der Waals surface area contributed by atoms with E-state index in [1.54, 1.807) is 13.2 Å². The van der Waals surface area contributed by atoms with Crippen LogP contribution in [0.15, 0.2) is 0 Å². The maximum absolute atomic E-state index is 12.1. The van der Waals surface area contributed by atoms with E-state index in [1.807, 2.05) is 6.92 Å². The predicted octanol–water partition coefficient (Wildman–Crippen LogP) is 0.638. The van der Waals surface area contributed by atoms with Gasteiger partial charge in [-0.2, -0.15) is 0 Å². The second kappa shape index (κ2) is 6.79.